The van der Waals surface area contributed by atoms with Gasteiger partial charge in [0.25, 0.3) is 0 Å². The van der Waals surface area contributed by atoms with E-state index in [1.807, 2.05) is 6.08 Å². The van der Waals surface area contributed by atoms with Gasteiger partial charge in [-0.05, 0) is 89.9 Å². The lowest BCUT2D eigenvalue weighted by Gasteiger charge is -2.20. The van der Waals surface area contributed by atoms with E-state index >= 15 is 0 Å². The maximum absolute atomic E-state index is 12.5. The molecule has 3 N–H and O–H groups in total. The van der Waals surface area contributed by atoms with Gasteiger partial charge in [-0.25, -0.2) is 0 Å². The number of aliphatic hydroxyl groups excluding tert-OH is 2. The smallest absolute Gasteiger partial charge is 0.305 e. The van der Waals surface area contributed by atoms with E-state index in [2.05, 4.69) is 55.6 Å². The highest BCUT2D eigenvalue weighted by Gasteiger charge is 2.18. The molecule has 0 aromatic carbocycles. The van der Waals surface area contributed by atoms with Gasteiger partial charge in [-0.2, -0.15) is 0 Å². The molecule has 0 spiro atoms. The first-order chi connectivity index (χ1) is 41.5. The van der Waals surface area contributed by atoms with Crippen molar-refractivity contribution in [1.82, 2.24) is 5.32 Å². The summed E-state index contributed by atoms with van der Waals surface area (Å²) in [4.78, 5) is 24.6. The summed E-state index contributed by atoms with van der Waals surface area (Å²) >= 11 is 0. The van der Waals surface area contributed by atoms with Crippen molar-refractivity contribution in [2.24, 2.45) is 0 Å². The molecule has 6 heteroatoms. The molecule has 0 heterocycles. The van der Waals surface area contributed by atoms with Gasteiger partial charge in [0, 0.05) is 12.8 Å². The third-order valence-electron chi connectivity index (χ3n) is 17.6. The van der Waals surface area contributed by atoms with Crippen LogP contribution < -0.4 is 5.32 Å². The molecule has 2 atom stereocenters. The Labute approximate surface area is 525 Å². The van der Waals surface area contributed by atoms with E-state index in [0.717, 1.165) is 51.4 Å². The molecule has 0 fully saturated rings. The number of amides is 1. The van der Waals surface area contributed by atoms with Crippen molar-refractivity contribution in [3.8, 4) is 0 Å². The summed E-state index contributed by atoms with van der Waals surface area (Å²) in [5, 5.41) is 23.2. The van der Waals surface area contributed by atoms with Crippen LogP contribution in [0.1, 0.15) is 412 Å². The van der Waals surface area contributed by atoms with Gasteiger partial charge in [-0.15, -0.1) is 0 Å². The Morgan fingerprint density at radius 2 is 0.595 bits per heavy atom. The van der Waals surface area contributed by atoms with Crippen LogP contribution in [0.15, 0.2) is 48.6 Å². The first-order valence-corrected chi connectivity index (χ1v) is 37.9. The second-order valence-corrected chi connectivity index (χ2v) is 26.0. The molecule has 84 heavy (non-hydrogen) atoms. The molecule has 1 amide bonds. The number of carbonyl (C=O) groups excluding carboxylic acids is 2. The van der Waals surface area contributed by atoms with Crippen LogP contribution >= 0.6 is 0 Å². The average molecular weight is 1180 g/mol. The van der Waals surface area contributed by atoms with E-state index in [1.54, 1.807) is 6.08 Å². The number of allylic oxidation sites excluding steroid dienone is 7. The number of unbranched alkanes of at least 4 members (excludes halogenated alkanes) is 54. The van der Waals surface area contributed by atoms with Crippen molar-refractivity contribution in [2.45, 2.75) is 424 Å². The fourth-order valence-electron chi connectivity index (χ4n) is 11.8. The Hall–Kier alpha value is -2.18. The van der Waals surface area contributed by atoms with Gasteiger partial charge in [0.2, 0.25) is 5.91 Å². The van der Waals surface area contributed by atoms with Crippen LogP contribution in [0.2, 0.25) is 0 Å². The zero-order valence-corrected chi connectivity index (χ0v) is 56.6. The number of esters is 1. The molecule has 0 aliphatic heterocycles. The van der Waals surface area contributed by atoms with E-state index in [4.69, 9.17) is 4.74 Å². The summed E-state index contributed by atoms with van der Waals surface area (Å²) in [5.41, 5.74) is 0. The predicted octanol–water partition coefficient (Wildman–Crippen LogP) is 24.8. The zero-order valence-electron chi connectivity index (χ0n) is 56.6. The number of aliphatic hydroxyl groups is 2. The summed E-state index contributed by atoms with van der Waals surface area (Å²) < 4.78 is 5.48. The largest absolute Gasteiger partial charge is 0.466 e. The monoisotopic (exact) mass is 1180 g/mol. The molecule has 0 saturated heterocycles. The molecule has 0 aromatic rings. The quantitative estimate of drug-likeness (QED) is 0.0320. The van der Waals surface area contributed by atoms with Crippen LogP contribution in [0.5, 0.6) is 0 Å². The average Bonchev–Trinajstić information content (AvgIpc) is 3.51. The summed E-state index contributed by atoms with van der Waals surface area (Å²) in [6.07, 6.45) is 96.5. The number of hydrogen-bond acceptors (Lipinski definition) is 5. The van der Waals surface area contributed by atoms with Crippen molar-refractivity contribution in [3.05, 3.63) is 48.6 Å². The van der Waals surface area contributed by atoms with E-state index in [0.29, 0.717) is 19.4 Å². The lowest BCUT2D eigenvalue weighted by atomic mass is 10.0. The highest BCUT2D eigenvalue weighted by molar-refractivity contribution is 5.76. The molecule has 0 aliphatic rings. The summed E-state index contributed by atoms with van der Waals surface area (Å²) in [7, 11) is 0. The molecular formula is C78H147NO5. The minimum atomic E-state index is -0.844. The SMILES string of the molecule is CCCCCC/C=C\CCCCCCCC(=O)OCCCCCCCCCCCCC/C=C\C/C=C\CCCCCCCCCCCCCCCCCCCC(=O)NC(CO)C(O)/C=C/CCCCCCCCCCCCCCCCCCC. The van der Waals surface area contributed by atoms with Crippen molar-refractivity contribution >= 4 is 11.9 Å². The normalized spacial score (nSPS) is 12.8. The molecule has 0 aliphatic carbocycles. The van der Waals surface area contributed by atoms with Crippen molar-refractivity contribution < 1.29 is 24.5 Å². The third-order valence-corrected chi connectivity index (χ3v) is 17.6. The Morgan fingerprint density at radius 1 is 0.333 bits per heavy atom. The molecule has 2 unspecified atom stereocenters. The van der Waals surface area contributed by atoms with Crippen LogP contribution in [0.25, 0.3) is 0 Å². The summed E-state index contributed by atoms with van der Waals surface area (Å²) in [5.74, 6) is -0.0548. The molecule has 0 rings (SSSR count). The maximum Gasteiger partial charge on any atom is 0.305 e. The molecule has 494 valence electrons. The van der Waals surface area contributed by atoms with Gasteiger partial charge in [0.05, 0.1) is 25.4 Å². The lowest BCUT2D eigenvalue weighted by Crippen LogP contribution is -2.45. The fraction of sp³-hybridized carbons (Fsp3) is 0.872. The first-order valence-electron chi connectivity index (χ1n) is 37.9. The molecule has 6 nitrogen and oxygen atoms in total. The number of hydrogen-bond donors (Lipinski definition) is 3. The maximum atomic E-state index is 12.5. The Morgan fingerprint density at radius 3 is 0.929 bits per heavy atom. The molecule has 0 radical (unpaired) electrons. The van der Waals surface area contributed by atoms with E-state index in [-0.39, 0.29) is 18.5 Å². The van der Waals surface area contributed by atoms with Gasteiger partial charge in [0.1, 0.15) is 0 Å². The van der Waals surface area contributed by atoms with E-state index in [1.165, 1.54) is 334 Å². The predicted molar refractivity (Wildman–Crippen MR) is 370 cm³/mol. The standard InChI is InChI=1S/C78H147NO5/c1-3-5-7-9-11-13-15-17-18-19-37-40-43-47-50-54-58-62-66-70-76(81)75(74-80)79-77(82)71-67-63-59-55-51-48-44-41-38-35-33-31-29-27-25-23-21-20-22-24-26-28-30-32-34-36-39-42-45-49-53-57-61-65-69-73-84-78(83)72-68-64-60-56-52-46-16-14-12-10-8-6-4-2/h14,16,22,24,28,30,66,70,75-76,80-81H,3-13,15,17-21,23,25-27,29,31-65,67-69,71-74H2,1-2H3,(H,79,82)/b16-14-,24-22-,30-28-,70-66+. The van der Waals surface area contributed by atoms with Crippen LogP contribution in [-0.4, -0.2) is 47.4 Å². The Kier molecular flexibility index (Phi) is 71.4. The van der Waals surface area contributed by atoms with E-state index < -0.39 is 12.1 Å². The molecule has 0 bridgehead atoms. The van der Waals surface area contributed by atoms with Crippen LogP contribution in [0.3, 0.4) is 0 Å². The Balaban J connectivity index is 3.40. The minimum absolute atomic E-state index is 0.00748. The minimum Gasteiger partial charge on any atom is -0.466 e. The van der Waals surface area contributed by atoms with Gasteiger partial charge < -0.3 is 20.3 Å². The molecule has 0 saturated carbocycles. The fourth-order valence-corrected chi connectivity index (χ4v) is 11.8. The third kappa shape index (κ3) is 68.9. The van der Waals surface area contributed by atoms with Gasteiger partial charge in [0.15, 0.2) is 0 Å². The summed E-state index contributed by atoms with van der Waals surface area (Å²) in [6, 6.07) is -0.627. The number of rotatable bonds is 71. The highest BCUT2D eigenvalue weighted by Crippen LogP contribution is 2.19. The number of ether oxygens (including phenoxy) is 1. The Bertz CT molecular complexity index is 1400. The lowest BCUT2D eigenvalue weighted by molar-refractivity contribution is -0.143. The van der Waals surface area contributed by atoms with Gasteiger partial charge >= 0.3 is 5.97 Å². The molecular weight excluding hydrogens is 1030 g/mol. The second-order valence-electron chi connectivity index (χ2n) is 26.0. The van der Waals surface area contributed by atoms with Crippen LogP contribution in [0.4, 0.5) is 0 Å². The second kappa shape index (κ2) is 73.3. The van der Waals surface area contributed by atoms with Crippen molar-refractivity contribution in [3.63, 3.8) is 0 Å². The first kappa shape index (κ1) is 81.8. The topological polar surface area (TPSA) is 95.9 Å². The summed E-state index contributed by atoms with van der Waals surface area (Å²) in [6.45, 7) is 4.92. The van der Waals surface area contributed by atoms with Gasteiger partial charge in [-0.3, -0.25) is 9.59 Å². The highest BCUT2D eigenvalue weighted by atomic mass is 16.5. The number of nitrogens with one attached hydrogen (secondary N) is 1. The van der Waals surface area contributed by atoms with Crippen molar-refractivity contribution in [1.29, 1.82) is 0 Å². The van der Waals surface area contributed by atoms with E-state index in [9.17, 15) is 19.8 Å². The molecule has 0 aromatic heterocycles. The number of carbonyl (C=O) groups is 2. The van der Waals surface area contributed by atoms with Crippen molar-refractivity contribution in [2.75, 3.05) is 13.2 Å². The van der Waals surface area contributed by atoms with Crippen LogP contribution in [0, 0.1) is 0 Å². The van der Waals surface area contributed by atoms with Crippen LogP contribution in [-0.2, 0) is 14.3 Å². The van der Waals surface area contributed by atoms with Gasteiger partial charge in [-0.1, -0.05) is 358 Å². The zero-order chi connectivity index (χ0) is 60.6.